The summed E-state index contributed by atoms with van der Waals surface area (Å²) < 4.78 is 67.1. The van der Waals surface area contributed by atoms with Gasteiger partial charge < -0.3 is 10.6 Å². The van der Waals surface area contributed by atoms with Crippen LogP contribution in [-0.2, 0) is 17.8 Å². The Balaban J connectivity index is 1.32. The van der Waals surface area contributed by atoms with Gasteiger partial charge in [-0.1, -0.05) is 0 Å². The van der Waals surface area contributed by atoms with E-state index < -0.39 is 35.1 Å². The molecule has 0 radical (unpaired) electrons. The second kappa shape index (κ2) is 8.55. The topological polar surface area (TPSA) is 49.6 Å². The molecule has 166 valence electrons. The van der Waals surface area contributed by atoms with Crippen LogP contribution in [0.4, 0.5) is 22.0 Å². The summed E-state index contributed by atoms with van der Waals surface area (Å²) >= 11 is 0. The van der Waals surface area contributed by atoms with Crippen molar-refractivity contribution < 1.29 is 26.7 Å². The number of nitrogens with zero attached hydrogens (tertiary/aromatic N) is 2. The summed E-state index contributed by atoms with van der Waals surface area (Å²) in [5.74, 6) is -4.76. The third-order valence-electron chi connectivity index (χ3n) is 5.99. The quantitative estimate of drug-likeness (QED) is 0.556. The highest BCUT2D eigenvalue weighted by Gasteiger charge is 2.45. The molecule has 0 spiro atoms. The highest BCUT2D eigenvalue weighted by molar-refractivity contribution is 5.78. The maximum Gasteiger partial charge on any atom is 0.224 e. The Hall–Kier alpha value is -2.52. The largest absolute Gasteiger partial charge is 0.337 e. The van der Waals surface area contributed by atoms with Crippen LogP contribution in [0.15, 0.2) is 30.3 Å². The Morgan fingerprint density at radius 1 is 0.935 bits per heavy atom. The highest BCUT2D eigenvalue weighted by atomic mass is 19.2. The predicted molar refractivity (Wildman–Crippen MR) is 103 cm³/mol. The molecule has 2 heterocycles. The molecule has 4 nitrogen and oxygen atoms in total. The second-order valence-corrected chi connectivity index (χ2v) is 8.32. The number of nitrogens with two attached hydrogens (primary N) is 1. The van der Waals surface area contributed by atoms with Crippen LogP contribution in [-0.4, -0.2) is 46.9 Å². The molecule has 0 saturated carbocycles. The monoisotopic (exact) mass is 439 g/mol. The Bertz CT molecular complexity index is 981. The Morgan fingerprint density at radius 3 is 2.26 bits per heavy atom. The number of piperazine rings is 1. The van der Waals surface area contributed by atoms with Gasteiger partial charge in [-0.15, -0.1) is 0 Å². The van der Waals surface area contributed by atoms with Crippen molar-refractivity contribution in [1.82, 2.24) is 9.80 Å². The summed E-state index contributed by atoms with van der Waals surface area (Å²) in [5.41, 5.74) is 6.44. The number of hydrogen-bond acceptors (Lipinski definition) is 3. The molecule has 1 amide bonds. The first-order valence-corrected chi connectivity index (χ1v) is 10.1. The number of fused-ring (bicyclic) bond motifs is 2. The van der Waals surface area contributed by atoms with Crippen molar-refractivity contribution in [2.24, 2.45) is 5.73 Å². The van der Waals surface area contributed by atoms with Gasteiger partial charge in [-0.3, -0.25) is 9.69 Å². The average Bonchev–Trinajstić information content (AvgIpc) is 3.25. The van der Waals surface area contributed by atoms with E-state index in [9.17, 15) is 26.7 Å². The number of carbonyl (C=O) groups excluding carboxylic acids is 1. The van der Waals surface area contributed by atoms with Crippen molar-refractivity contribution in [1.29, 1.82) is 0 Å². The van der Waals surface area contributed by atoms with E-state index in [4.69, 9.17) is 5.73 Å². The summed E-state index contributed by atoms with van der Waals surface area (Å²) in [6, 6.07) is 3.98. The lowest BCUT2D eigenvalue weighted by Gasteiger charge is -2.34. The molecule has 2 aromatic carbocycles. The van der Waals surface area contributed by atoms with Crippen LogP contribution < -0.4 is 5.73 Å². The molecule has 4 rings (SSSR count). The third-order valence-corrected chi connectivity index (χ3v) is 5.99. The van der Waals surface area contributed by atoms with Gasteiger partial charge >= 0.3 is 0 Å². The molecule has 2 aliphatic rings. The molecule has 31 heavy (non-hydrogen) atoms. The number of likely N-dealkylation sites (tertiary alicyclic amines) is 2. The van der Waals surface area contributed by atoms with Gasteiger partial charge in [0.15, 0.2) is 11.6 Å². The van der Waals surface area contributed by atoms with E-state index in [2.05, 4.69) is 4.90 Å². The summed E-state index contributed by atoms with van der Waals surface area (Å²) in [7, 11) is 0. The minimum Gasteiger partial charge on any atom is -0.337 e. The van der Waals surface area contributed by atoms with E-state index in [1.807, 2.05) is 0 Å². The molecule has 2 saturated heterocycles. The fourth-order valence-corrected chi connectivity index (χ4v) is 4.60. The average molecular weight is 439 g/mol. The van der Waals surface area contributed by atoms with Crippen LogP contribution in [0.2, 0.25) is 0 Å². The zero-order chi connectivity index (χ0) is 22.3. The number of hydrogen-bond donors (Lipinski definition) is 1. The molecule has 2 aliphatic heterocycles. The molecule has 3 atom stereocenters. The minimum absolute atomic E-state index is 0.0249. The van der Waals surface area contributed by atoms with Crippen LogP contribution in [0.5, 0.6) is 0 Å². The van der Waals surface area contributed by atoms with Crippen molar-refractivity contribution in [3.63, 3.8) is 0 Å². The Kier molecular flexibility index (Phi) is 5.98. The van der Waals surface area contributed by atoms with E-state index in [1.54, 1.807) is 4.90 Å². The summed E-state index contributed by atoms with van der Waals surface area (Å²) in [4.78, 5) is 16.5. The molecular formula is C22H22F5N3O. The minimum atomic E-state index is -1.27. The van der Waals surface area contributed by atoms with Crippen LogP contribution in [0.3, 0.4) is 0 Å². The maximum atomic E-state index is 13.8. The molecule has 2 N–H and O–H groups in total. The smallest absolute Gasteiger partial charge is 0.224 e. The van der Waals surface area contributed by atoms with Gasteiger partial charge in [-0.2, -0.15) is 0 Å². The molecule has 2 aromatic rings. The van der Waals surface area contributed by atoms with Crippen molar-refractivity contribution in [2.75, 3.05) is 13.1 Å². The fourth-order valence-electron chi connectivity index (χ4n) is 4.60. The number of amides is 1. The van der Waals surface area contributed by atoms with Gasteiger partial charge in [-0.25, -0.2) is 22.0 Å². The Morgan fingerprint density at radius 2 is 1.61 bits per heavy atom. The van der Waals surface area contributed by atoms with Crippen molar-refractivity contribution >= 4 is 5.91 Å². The van der Waals surface area contributed by atoms with Gasteiger partial charge in [0, 0.05) is 56.3 Å². The molecule has 9 heteroatoms. The lowest BCUT2D eigenvalue weighted by Crippen LogP contribution is -2.49. The van der Waals surface area contributed by atoms with Gasteiger partial charge in [0.25, 0.3) is 0 Å². The van der Waals surface area contributed by atoms with E-state index >= 15 is 0 Å². The number of carbonyl (C=O) groups is 1. The number of benzene rings is 2. The first-order valence-electron chi connectivity index (χ1n) is 10.1. The maximum absolute atomic E-state index is 13.8. The second-order valence-electron chi connectivity index (χ2n) is 8.32. The molecule has 2 fully saturated rings. The third kappa shape index (κ3) is 4.72. The molecule has 0 aromatic heterocycles. The highest BCUT2D eigenvalue weighted by Crippen LogP contribution is 2.32. The molecule has 0 unspecified atom stereocenters. The van der Waals surface area contributed by atoms with Crippen molar-refractivity contribution in [3.8, 4) is 0 Å². The van der Waals surface area contributed by atoms with Crippen LogP contribution >= 0.6 is 0 Å². The van der Waals surface area contributed by atoms with Crippen LogP contribution in [0.25, 0.3) is 0 Å². The van der Waals surface area contributed by atoms with Crippen LogP contribution in [0, 0.1) is 29.1 Å². The standard InChI is InChI=1S/C22H22F5N3O/c23-14-1-12(2-15(24)5-14)9-29-10-18-7-17(29)11-30(18)22(31)6-16(28)3-13-4-20(26)21(27)8-19(13)25/h1-2,4-5,8,16-18H,3,6-7,9-11,28H2/t16-,17-,18-/m1/s1. The molecular weight excluding hydrogens is 417 g/mol. The van der Waals surface area contributed by atoms with Gasteiger partial charge in [0.05, 0.1) is 0 Å². The first kappa shape index (κ1) is 21.7. The van der Waals surface area contributed by atoms with E-state index in [0.717, 1.165) is 18.6 Å². The van der Waals surface area contributed by atoms with Gasteiger partial charge in [0.2, 0.25) is 5.91 Å². The van der Waals surface area contributed by atoms with E-state index in [-0.39, 0.29) is 36.4 Å². The molecule has 0 aliphatic carbocycles. The molecule has 2 bridgehead atoms. The summed E-state index contributed by atoms with van der Waals surface area (Å²) in [6.07, 6.45) is 0.626. The zero-order valence-electron chi connectivity index (χ0n) is 16.6. The summed E-state index contributed by atoms with van der Waals surface area (Å²) in [5, 5.41) is 0. The van der Waals surface area contributed by atoms with Crippen LogP contribution in [0.1, 0.15) is 24.0 Å². The Labute approximate surface area is 176 Å². The van der Waals surface area contributed by atoms with Gasteiger partial charge in [-0.05, 0) is 42.2 Å². The summed E-state index contributed by atoms with van der Waals surface area (Å²) in [6.45, 7) is 1.46. The van der Waals surface area contributed by atoms with E-state index in [0.29, 0.717) is 31.3 Å². The number of halogens is 5. The van der Waals surface area contributed by atoms with Crippen molar-refractivity contribution in [3.05, 3.63) is 70.5 Å². The normalized spacial score (nSPS) is 21.7. The lowest BCUT2D eigenvalue weighted by molar-refractivity contribution is -0.133. The fraction of sp³-hybridized carbons (Fsp3) is 0.409. The van der Waals surface area contributed by atoms with Gasteiger partial charge in [0.1, 0.15) is 17.5 Å². The zero-order valence-corrected chi connectivity index (χ0v) is 16.6. The predicted octanol–water partition coefficient (Wildman–Crippen LogP) is 3.13. The first-order chi connectivity index (χ1) is 14.7. The number of rotatable bonds is 6. The lowest BCUT2D eigenvalue weighted by atomic mass is 10.0. The SMILES string of the molecule is N[C@@H](CC(=O)N1C[C@H]2C[C@@H]1CN2Cc1cc(F)cc(F)c1)Cc1cc(F)c(F)cc1F. The van der Waals surface area contributed by atoms with Crippen molar-refractivity contribution in [2.45, 2.75) is 43.9 Å². The van der Waals surface area contributed by atoms with E-state index in [1.165, 1.54) is 12.1 Å².